The molecule has 0 amide bonds. The van der Waals surface area contributed by atoms with Crippen LogP contribution in [-0.2, 0) is 15.7 Å². The molecule has 0 unspecified atom stereocenters. The summed E-state index contributed by atoms with van der Waals surface area (Å²) >= 11 is 0. The van der Waals surface area contributed by atoms with E-state index >= 15 is 0 Å². The summed E-state index contributed by atoms with van der Waals surface area (Å²) in [5.41, 5.74) is -0.445. The Morgan fingerprint density at radius 2 is 1.85 bits per heavy atom. The highest BCUT2D eigenvalue weighted by molar-refractivity contribution is 5.72. The fraction of sp³-hybridized carbons (Fsp3) is 0.500. The number of anilines is 1. The van der Waals surface area contributed by atoms with Crippen molar-refractivity contribution >= 4 is 11.7 Å². The molecule has 0 radical (unpaired) electrons. The summed E-state index contributed by atoms with van der Waals surface area (Å²) in [6, 6.07) is 5.54. The van der Waals surface area contributed by atoms with E-state index in [1.807, 2.05) is 0 Å². The van der Waals surface area contributed by atoms with Gasteiger partial charge in [0.05, 0.1) is 18.6 Å². The van der Waals surface area contributed by atoms with Gasteiger partial charge in [0.25, 0.3) is 0 Å². The summed E-state index contributed by atoms with van der Waals surface area (Å²) in [6.45, 7) is 0.847. The van der Waals surface area contributed by atoms with E-state index in [1.165, 1.54) is 19.2 Å². The number of para-hydroxylation sites is 1. The molecule has 1 aliphatic heterocycles. The third-order valence-corrected chi connectivity index (χ3v) is 3.58. The van der Waals surface area contributed by atoms with Crippen molar-refractivity contribution in [3.05, 3.63) is 29.8 Å². The first-order valence-electron chi connectivity index (χ1n) is 6.42. The number of benzene rings is 1. The van der Waals surface area contributed by atoms with Gasteiger partial charge in [0, 0.05) is 18.8 Å². The number of hydrogen-bond acceptors (Lipinski definition) is 3. The van der Waals surface area contributed by atoms with Crippen molar-refractivity contribution in [3.8, 4) is 0 Å². The lowest BCUT2D eigenvalue weighted by molar-refractivity contribution is -0.146. The highest BCUT2D eigenvalue weighted by Gasteiger charge is 2.35. The second kappa shape index (κ2) is 5.73. The van der Waals surface area contributed by atoms with Crippen molar-refractivity contribution in [1.29, 1.82) is 0 Å². The number of esters is 1. The number of carbonyl (C=O) groups excluding carboxylic acids is 1. The SMILES string of the molecule is COC(=O)C1CCN(c2ccccc2C(F)(F)F)CC1. The minimum Gasteiger partial charge on any atom is -0.469 e. The molecular formula is C14H16F3NO2. The van der Waals surface area contributed by atoms with Crippen LogP contribution >= 0.6 is 0 Å². The molecule has 0 bridgehead atoms. The van der Waals surface area contributed by atoms with Crippen molar-refractivity contribution < 1.29 is 22.7 Å². The molecule has 1 heterocycles. The molecule has 1 aromatic carbocycles. The Balaban J connectivity index is 2.13. The fourth-order valence-electron chi connectivity index (χ4n) is 2.51. The molecule has 0 aromatic heterocycles. The van der Waals surface area contributed by atoms with Gasteiger partial charge in [-0.2, -0.15) is 13.2 Å². The highest BCUT2D eigenvalue weighted by Crippen LogP contribution is 2.37. The first-order valence-corrected chi connectivity index (χ1v) is 6.42. The molecule has 0 atom stereocenters. The van der Waals surface area contributed by atoms with Gasteiger partial charge in [-0.25, -0.2) is 0 Å². The number of alkyl halides is 3. The fourth-order valence-corrected chi connectivity index (χ4v) is 2.51. The van der Waals surface area contributed by atoms with Crippen LogP contribution in [0.4, 0.5) is 18.9 Å². The largest absolute Gasteiger partial charge is 0.469 e. The molecule has 20 heavy (non-hydrogen) atoms. The minimum atomic E-state index is -4.37. The first kappa shape index (κ1) is 14.7. The van der Waals surface area contributed by atoms with Crippen LogP contribution in [0.2, 0.25) is 0 Å². The van der Waals surface area contributed by atoms with Crippen LogP contribution in [0.3, 0.4) is 0 Å². The molecule has 0 saturated carbocycles. The molecule has 0 N–H and O–H groups in total. The summed E-state index contributed by atoms with van der Waals surface area (Å²) in [5.74, 6) is -0.497. The summed E-state index contributed by atoms with van der Waals surface area (Å²) in [7, 11) is 1.33. The van der Waals surface area contributed by atoms with E-state index in [1.54, 1.807) is 11.0 Å². The molecule has 0 spiro atoms. The average molecular weight is 287 g/mol. The Bertz CT molecular complexity index is 480. The number of hydrogen-bond donors (Lipinski definition) is 0. The van der Waals surface area contributed by atoms with Crippen molar-refractivity contribution in [2.45, 2.75) is 19.0 Å². The Morgan fingerprint density at radius 1 is 1.25 bits per heavy atom. The molecule has 1 aromatic rings. The topological polar surface area (TPSA) is 29.5 Å². The van der Waals surface area contributed by atoms with Crippen molar-refractivity contribution in [3.63, 3.8) is 0 Å². The van der Waals surface area contributed by atoms with E-state index in [-0.39, 0.29) is 17.6 Å². The molecule has 1 saturated heterocycles. The van der Waals surface area contributed by atoms with Crippen LogP contribution in [-0.4, -0.2) is 26.2 Å². The third-order valence-electron chi connectivity index (χ3n) is 3.58. The summed E-state index contributed by atoms with van der Waals surface area (Å²) in [5, 5.41) is 0. The normalized spacial score (nSPS) is 17.1. The average Bonchev–Trinajstić information content (AvgIpc) is 2.46. The van der Waals surface area contributed by atoms with Gasteiger partial charge in [0.2, 0.25) is 0 Å². The highest BCUT2D eigenvalue weighted by atomic mass is 19.4. The minimum absolute atomic E-state index is 0.184. The van der Waals surface area contributed by atoms with Crippen molar-refractivity contribution in [2.75, 3.05) is 25.1 Å². The Hall–Kier alpha value is -1.72. The van der Waals surface area contributed by atoms with Gasteiger partial charge in [-0.05, 0) is 25.0 Å². The summed E-state index contributed by atoms with van der Waals surface area (Å²) in [4.78, 5) is 13.1. The van der Waals surface area contributed by atoms with E-state index in [4.69, 9.17) is 0 Å². The van der Waals surface area contributed by atoms with Crippen LogP contribution in [0, 0.1) is 5.92 Å². The molecule has 1 fully saturated rings. The van der Waals surface area contributed by atoms with Crippen LogP contribution in [0.25, 0.3) is 0 Å². The summed E-state index contributed by atoms with van der Waals surface area (Å²) in [6.07, 6.45) is -3.34. The number of methoxy groups -OCH3 is 1. The van der Waals surface area contributed by atoms with E-state index in [0.717, 1.165) is 6.07 Å². The van der Waals surface area contributed by atoms with Gasteiger partial charge >= 0.3 is 12.1 Å². The van der Waals surface area contributed by atoms with E-state index in [9.17, 15) is 18.0 Å². The number of piperidine rings is 1. The van der Waals surface area contributed by atoms with Gasteiger partial charge in [-0.1, -0.05) is 12.1 Å². The molecule has 0 aliphatic carbocycles. The van der Waals surface area contributed by atoms with Gasteiger partial charge in [0.1, 0.15) is 0 Å². The van der Waals surface area contributed by atoms with Crippen molar-refractivity contribution in [1.82, 2.24) is 0 Å². The van der Waals surface area contributed by atoms with Gasteiger partial charge in [-0.15, -0.1) is 0 Å². The zero-order valence-corrected chi connectivity index (χ0v) is 11.1. The standard InChI is InChI=1S/C14H16F3NO2/c1-20-13(19)10-6-8-18(9-7-10)12-5-3-2-4-11(12)14(15,16)17/h2-5,10H,6-9H2,1H3. The number of carbonyl (C=O) groups is 1. The molecule has 110 valence electrons. The predicted molar refractivity (Wildman–Crippen MR) is 68.4 cm³/mol. The van der Waals surface area contributed by atoms with Gasteiger partial charge < -0.3 is 9.64 Å². The molecule has 1 aliphatic rings. The maximum absolute atomic E-state index is 13.0. The van der Waals surface area contributed by atoms with Crippen LogP contribution in [0.5, 0.6) is 0 Å². The number of halogens is 3. The second-order valence-electron chi connectivity index (χ2n) is 4.80. The summed E-state index contributed by atoms with van der Waals surface area (Å²) < 4.78 is 43.6. The Morgan fingerprint density at radius 3 is 2.40 bits per heavy atom. The number of nitrogens with zero attached hydrogens (tertiary/aromatic N) is 1. The lowest BCUT2D eigenvalue weighted by Crippen LogP contribution is -2.37. The smallest absolute Gasteiger partial charge is 0.418 e. The van der Waals surface area contributed by atoms with Crippen molar-refractivity contribution in [2.24, 2.45) is 5.92 Å². The Kier molecular flexibility index (Phi) is 4.20. The van der Waals surface area contributed by atoms with Crippen LogP contribution in [0.1, 0.15) is 18.4 Å². The maximum Gasteiger partial charge on any atom is 0.418 e. The van der Waals surface area contributed by atoms with Crippen LogP contribution < -0.4 is 4.90 Å². The van der Waals surface area contributed by atoms with E-state index in [2.05, 4.69) is 4.74 Å². The molecule has 3 nitrogen and oxygen atoms in total. The third kappa shape index (κ3) is 3.05. The zero-order chi connectivity index (χ0) is 14.8. The molecular weight excluding hydrogens is 271 g/mol. The lowest BCUT2D eigenvalue weighted by atomic mass is 9.96. The molecule has 2 rings (SSSR count). The van der Waals surface area contributed by atoms with E-state index in [0.29, 0.717) is 25.9 Å². The molecule has 6 heteroatoms. The van der Waals surface area contributed by atoms with E-state index < -0.39 is 11.7 Å². The van der Waals surface area contributed by atoms with Gasteiger partial charge in [-0.3, -0.25) is 4.79 Å². The Labute approximate surface area is 115 Å². The zero-order valence-electron chi connectivity index (χ0n) is 11.1. The van der Waals surface area contributed by atoms with Crippen LogP contribution in [0.15, 0.2) is 24.3 Å². The number of rotatable bonds is 2. The monoisotopic (exact) mass is 287 g/mol. The number of ether oxygens (including phenoxy) is 1. The quantitative estimate of drug-likeness (QED) is 0.783. The first-order chi connectivity index (χ1) is 9.43. The van der Waals surface area contributed by atoms with Gasteiger partial charge in [0.15, 0.2) is 0 Å². The predicted octanol–water partition coefficient (Wildman–Crippen LogP) is 3.09. The lowest BCUT2D eigenvalue weighted by Gasteiger charge is -2.33. The maximum atomic E-state index is 13.0. The second-order valence-corrected chi connectivity index (χ2v) is 4.80.